The van der Waals surface area contributed by atoms with Crippen LogP contribution in [0, 0.1) is 10.1 Å². The highest BCUT2D eigenvalue weighted by Crippen LogP contribution is 2.25. The van der Waals surface area contributed by atoms with E-state index in [1.54, 1.807) is 18.2 Å². The van der Waals surface area contributed by atoms with E-state index in [2.05, 4.69) is 6.58 Å². The molecule has 0 spiro atoms. The minimum atomic E-state index is -0.487. The Morgan fingerprint density at radius 2 is 2.29 bits per heavy atom. The molecule has 17 heavy (non-hydrogen) atoms. The van der Waals surface area contributed by atoms with Gasteiger partial charge in [0.05, 0.1) is 17.1 Å². The molecular weight excluding hydrogens is 220 g/mol. The SMILES string of the molecule is C=CCN(CC)c1ccc([N+](=O)[O-])c(CO)c1. The molecule has 0 bridgehead atoms. The van der Waals surface area contributed by atoms with Crippen molar-refractivity contribution in [3.63, 3.8) is 0 Å². The Balaban J connectivity index is 3.11. The molecular formula is C12H16N2O3. The highest BCUT2D eigenvalue weighted by molar-refractivity contribution is 5.55. The molecule has 0 aromatic heterocycles. The summed E-state index contributed by atoms with van der Waals surface area (Å²) in [5.74, 6) is 0. The van der Waals surface area contributed by atoms with Gasteiger partial charge in [-0.3, -0.25) is 10.1 Å². The molecule has 92 valence electrons. The van der Waals surface area contributed by atoms with Crippen LogP contribution in [0.1, 0.15) is 12.5 Å². The molecule has 0 saturated heterocycles. The Morgan fingerprint density at radius 3 is 2.76 bits per heavy atom. The largest absolute Gasteiger partial charge is 0.391 e. The molecule has 0 fully saturated rings. The fourth-order valence-corrected chi connectivity index (χ4v) is 1.65. The lowest BCUT2D eigenvalue weighted by molar-refractivity contribution is -0.385. The quantitative estimate of drug-likeness (QED) is 0.466. The third-order valence-electron chi connectivity index (χ3n) is 2.53. The van der Waals surface area contributed by atoms with Crippen LogP contribution < -0.4 is 4.90 Å². The number of nitro groups is 1. The first-order valence-electron chi connectivity index (χ1n) is 5.38. The number of likely N-dealkylation sites (N-methyl/N-ethyl adjacent to an activating group) is 1. The van der Waals surface area contributed by atoms with Gasteiger partial charge in [0.25, 0.3) is 5.69 Å². The predicted octanol–water partition coefficient (Wildman–Crippen LogP) is 2.10. The van der Waals surface area contributed by atoms with Crippen molar-refractivity contribution in [1.82, 2.24) is 0 Å². The van der Waals surface area contributed by atoms with Gasteiger partial charge in [-0.2, -0.15) is 0 Å². The van der Waals surface area contributed by atoms with Crippen molar-refractivity contribution in [2.75, 3.05) is 18.0 Å². The molecule has 0 unspecified atom stereocenters. The zero-order chi connectivity index (χ0) is 12.8. The summed E-state index contributed by atoms with van der Waals surface area (Å²) in [6.07, 6.45) is 1.77. The van der Waals surface area contributed by atoms with Gasteiger partial charge in [-0.1, -0.05) is 6.08 Å². The summed E-state index contributed by atoms with van der Waals surface area (Å²) in [6.45, 7) is 6.75. The summed E-state index contributed by atoms with van der Waals surface area (Å²) in [6, 6.07) is 4.75. The molecule has 1 rings (SSSR count). The number of hydrogen-bond donors (Lipinski definition) is 1. The van der Waals surface area contributed by atoms with Crippen LogP contribution in [0.3, 0.4) is 0 Å². The zero-order valence-electron chi connectivity index (χ0n) is 9.80. The second-order valence-corrected chi connectivity index (χ2v) is 3.56. The van der Waals surface area contributed by atoms with Crippen LogP contribution in [0.4, 0.5) is 11.4 Å². The Bertz CT molecular complexity index is 418. The molecule has 0 saturated carbocycles. The van der Waals surface area contributed by atoms with E-state index in [0.717, 1.165) is 12.2 Å². The van der Waals surface area contributed by atoms with E-state index in [4.69, 9.17) is 5.11 Å². The smallest absolute Gasteiger partial charge is 0.275 e. The van der Waals surface area contributed by atoms with Gasteiger partial charge >= 0.3 is 0 Å². The van der Waals surface area contributed by atoms with Crippen molar-refractivity contribution in [3.8, 4) is 0 Å². The van der Waals surface area contributed by atoms with Gasteiger partial charge in [0.15, 0.2) is 0 Å². The second-order valence-electron chi connectivity index (χ2n) is 3.56. The predicted molar refractivity (Wildman–Crippen MR) is 67.1 cm³/mol. The van der Waals surface area contributed by atoms with Crippen molar-refractivity contribution in [1.29, 1.82) is 0 Å². The van der Waals surface area contributed by atoms with Crippen LogP contribution in [0.15, 0.2) is 30.9 Å². The molecule has 0 aliphatic rings. The van der Waals surface area contributed by atoms with E-state index < -0.39 is 4.92 Å². The molecule has 1 aromatic carbocycles. The molecule has 1 aromatic rings. The Kier molecular flexibility index (Phi) is 4.66. The Labute approximate surface area is 100 Å². The van der Waals surface area contributed by atoms with Crippen LogP contribution in [0.5, 0.6) is 0 Å². The maximum Gasteiger partial charge on any atom is 0.275 e. The minimum Gasteiger partial charge on any atom is -0.391 e. The molecule has 0 heterocycles. The highest BCUT2D eigenvalue weighted by Gasteiger charge is 2.14. The molecule has 5 heteroatoms. The van der Waals surface area contributed by atoms with E-state index in [1.807, 2.05) is 11.8 Å². The van der Waals surface area contributed by atoms with Crippen LogP contribution in [-0.4, -0.2) is 23.1 Å². The number of anilines is 1. The number of nitrogens with zero attached hydrogens (tertiary/aromatic N) is 2. The third kappa shape index (κ3) is 3.04. The van der Waals surface area contributed by atoms with Gasteiger partial charge in [-0.05, 0) is 19.1 Å². The number of aliphatic hydroxyl groups is 1. The monoisotopic (exact) mass is 236 g/mol. The van der Waals surface area contributed by atoms with Gasteiger partial charge in [0.1, 0.15) is 0 Å². The number of hydrogen-bond acceptors (Lipinski definition) is 4. The van der Waals surface area contributed by atoms with Crippen molar-refractivity contribution in [3.05, 3.63) is 46.5 Å². The fourth-order valence-electron chi connectivity index (χ4n) is 1.65. The van der Waals surface area contributed by atoms with Crippen LogP contribution in [0.25, 0.3) is 0 Å². The molecule has 1 N–H and O–H groups in total. The standard InChI is InChI=1S/C12H16N2O3/c1-3-7-13(4-2)11-5-6-12(14(16)17)10(8-11)9-15/h3,5-6,8,15H,1,4,7,9H2,2H3. The molecule has 0 radical (unpaired) electrons. The first kappa shape index (κ1) is 13.2. The lowest BCUT2D eigenvalue weighted by Gasteiger charge is -2.21. The number of aliphatic hydroxyl groups excluding tert-OH is 1. The Hall–Kier alpha value is -1.88. The van der Waals surface area contributed by atoms with Crippen molar-refractivity contribution in [2.45, 2.75) is 13.5 Å². The fraction of sp³-hybridized carbons (Fsp3) is 0.333. The van der Waals surface area contributed by atoms with Gasteiger partial charge in [0, 0.05) is 24.8 Å². The Morgan fingerprint density at radius 1 is 1.59 bits per heavy atom. The van der Waals surface area contributed by atoms with Gasteiger partial charge in [-0.25, -0.2) is 0 Å². The summed E-state index contributed by atoms with van der Waals surface area (Å²) in [7, 11) is 0. The molecule has 0 amide bonds. The van der Waals surface area contributed by atoms with Crippen molar-refractivity contribution in [2.24, 2.45) is 0 Å². The molecule has 0 aliphatic carbocycles. The highest BCUT2D eigenvalue weighted by atomic mass is 16.6. The van der Waals surface area contributed by atoms with Crippen molar-refractivity contribution < 1.29 is 10.0 Å². The summed E-state index contributed by atoms with van der Waals surface area (Å²) in [5.41, 5.74) is 1.13. The number of nitro benzene ring substituents is 1. The molecule has 0 atom stereocenters. The molecule has 5 nitrogen and oxygen atoms in total. The third-order valence-corrected chi connectivity index (χ3v) is 2.53. The number of benzene rings is 1. The molecule has 0 aliphatic heterocycles. The lowest BCUT2D eigenvalue weighted by Crippen LogP contribution is -2.22. The first-order valence-corrected chi connectivity index (χ1v) is 5.38. The normalized spacial score (nSPS) is 10.0. The van der Waals surface area contributed by atoms with E-state index >= 15 is 0 Å². The van der Waals surface area contributed by atoms with Crippen LogP contribution in [-0.2, 0) is 6.61 Å². The van der Waals surface area contributed by atoms with Gasteiger partial charge < -0.3 is 10.0 Å². The van der Waals surface area contributed by atoms with Crippen LogP contribution >= 0.6 is 0 Å². The van der Waals surface area contributed by atoms with Gasteiger partial charge in [0.2, 0.25) is 0 Å². The number of rotatable bonds is 6. The second kappa shape index (κ2) is 6.00. The summed E-state index contributed by atoms with van der Waals surface area (Å²) < 4.78 is 0. The van der Waals surface area contributed by atoms with E-state index in [9.17, 15) is 10.1 Å². The van der Waals surface area contributed by atoms with Crippen molar-refractivity contribution >= 4 is 11.4 Å². The van der Waals surface area contributed by atoms with Crippen LogP contribution in [0.2, 0.25) is 0 Å². The summed E-state index contributed by atoms with van der Waals surface area (Å²) >= 11 is 0. The average molecular weight is 236 g/mol. The lowest BCUT2D eigenvalue weighted by atomic mass is 10.1. The summed E-state index contributed by atoms with van der Waals surface area (Å²) in [5, 5.41) is 19.9. The van der Waals surface area contributed by atoms with E-state index in [0.29, 0.717) is 12.1 Å². The first-order chi connectivity index (χ1) is 8.13. The maximum atomic E-state index is 10.7. The minimum absolute atomic E-state index is 0.0501. The maximum absolute atomic E-state index is 10.7. The average Bonchev–Trinajstić information content (AvgIpc) is 2.34. The van der Waals surface area contributed by atoms with E-state index in [-0.39, 0.29) is 12.3 Å². The zero-order valence-corrected chi connectivity index (χ0v) is 9.80. The van der Waals surface area contributed by atoms with Gasteiger partial charge in [-0.15, -0.1) is 6.58 Å². The summed E-state index contributed by atoms with van der Waals surface area (Å²) in [4.78, 5) is 12.2. The van der Waals surface area contributed by atoms with E-state index in [1.165, 1.54) is 6.07 Å². The topological polar surface area (TPSA) is 66.6 Å².